The summed E-state index contributed by atoms with van der Waals surface area (Å²) in [5.41, 5.74) is 2.19. The van der Waals surface area contributed by atoms with Crippen molar-refractivity contribution in [1.29, 1.82) is 0 Å². The van der Waals surface area contributed by atoms with Gasteiger partial charge >= 0.3 is 0 Å². The van der Waals surface area contributed by atoms with Crippen LogP contribution in [0.15, 0.2) is 18.9 Å². The molecule has 1 heterocycles. The van der Waals surface area contributed by atoms with Crippen LogP contribution in [-0.2, 0) is 18.3 Å². The molecule has 0 radical (unpaired) electrons. The summed E-state index contributed by atoms with van der Waals surface area (Å²) < 4.78 is 1.81. The van der Waals surface area contributed by atoms with Crippen LogP contribution in [0.25, 0.3) is 0 Å². The molecule has 1 amide bonds. The molecule has 19 heavy (non-hydrogen) atoms. The lowest BCUT2D eigenvalue weighted by Crippen LogP contribution is -2.22. The molecule has 4 nitrogen and oxygen atoms in total. The monoisotopic (exact) mass is 263 g/mol. The summed E-state index contributed by atoms with van der Waals surface area (Å²) in [7, 11) is 3.55. The van der Waals surface area contributed by atoms with Crippen molar-refractivity contribution in [2.45, 2.75) is 39.0 Å². The maximum absolute atomic E-state index is 11.6. The highest BCUT2D eigenvalue weighted by atomic mass is 16.1. The van der Waals surface area contributed by atoms with Gasteiger partial charge in [0, 0.05) is 14.1 Å². The number of allylic oxidation sites excluding steroid dienone is 1. The lowest BCUT2D eigenvalue weighted by Gasteiger charge is -2.22. The molecule has 0 saturated carbocycles. The number of nitrogens with zero attached hydrogens (tertiary/aromatic N) is 2. The van der Waals surface area contributed by atoms with E-state index in [1.165, 1.54) is 5.56 Å². The molecule has 0 aliphatic rings. The number of likely N-dealkylation sites (N-methyl/N-ethyl adjacent to an activating group) is 1. The summed E-state index contributed by atoms with van der Waals surface area (Å²) in [4.78, 5) is 11.6. The molecule has 1 aromatic heterocycles. The molecule has 106 valence electrons. The Kier molecular flexibility index (Phi) is 5.80. The third kappa shape index (κ3) is 3.69. The first-order valence-electron chi connectivity index (χ1n) is 6.87. The van der Waals surface area contributed by atoms with Crippen LogP contribution in [-0.4, -0.2) is 22.7 Å². The largest absolute Gasteiger partial charge is 0.359 e. The molecule has 2 atom stereocenters. The molecule has 4 heteroatoms. The first kappa shape index (κ1) is 15.5. The molecule has 1 unspecified atom stereocenters. The van der Waals surface area contributed by atoms with Crippen LogP contribution in [0.3, 0.4) is 0 Å². The molecular weight excluding hydrogens is 238 g/mol. The summed E-state index contributed by atoms with van der Waals surface area (Å²) in [5, 5.41) is 6.98. The Bertz CT molecular complexity index is 437. The normalized spacial score (nSPS) is 13.9. The average molecular weight is 263 g/mol. The van der Waals surface area contributed by atoms with Crippen molar-refractivity contribution in [1.82, 2.24) is 15.1 Å². The van der Waals surface area contributed by atoms with Crippen LogP contribution in [0.4, 0.5) is 0 Å². The molecule has 0 fully saturated rings. The van der Waals surface area contributed by atoms with Crippen LogP contribution < -0.4 is 5.32 Å². The minimum atomic E-state index is 0.0221. The van der Waals surface area contributed by atoms with E-state index in [9.17, 15) is 4.79 Å². The van der Waals surface area contributed by atoms with Crippen LogP contribution in [0, 0.1) is 5.92 Å². The standard InChI is InChI=1S/C15H25N3O/c1-6-8-12(7-2)11(3)13-10-17-18(5)14(13)9-15(19)16-4/h6,10-12H,1,7-9H2,2-5H3,(H,16,19)/t11-,12?/m1/s1. The number of aromatic nitrogens is 2. The Morgan fingerprint density at radius 1 is 1.63 bits per heavy atom. The number of carbonyl (C=O) groups excluding carboxylic acids is 1. The second-order valence-corrected chi connectivity index (χ2v) is 5.00. The van der Waals surface area contributed by atoms with E-state index in [-0.39, 0.29) is 5.91 Å². The van der Waals surface area contributed by atoms with E-state index >= 15 is 0 Å². The maximum atomic E-state index is 11.6. The van der Waals surface area contributed by atoms with E-state index in [0.717, 1.165) is 18.5 Å². The lowest BCUT2D eigenvalue weighted by atomic mass is 9.83. The summed E-state index contributed by atoms with van der Waals surface area (Å²) in [6.07, 6.45) is 6.35. The molecule has 0 aliphatic carbocycles. The van der Waals surface area contributed by atoms with Crippen LogP contribution in [0.5, 0.6) is 0 Å². The summed E-state index contributed by atoms with van der Waals surface area (Å²) in [5.74, 6) is 0.954. The number of hydrogen-bond donors (Lipinski definition) is 1. The van der Waals surface area contributed by atoms with Gasteiger partial charge in [0.1, 0.15) is 0 Å². The molecule has 0 spiro atoms. The van der Waals surface area contributed by atoms with Gasteiger partial charge in [-0.15, -0.1) is 6.58 Å². The van der Waals surface area contributed by atoms with Crippen molar-refractivity contribution in [3.05, 3.63) is 30.1 Å². The van der Waals surface area contributed by atoms with Gasteiger partial charge in [0.25, 0.3) is 0 Å². The Morgan fingerprint density at radius 2 is 2.32 bits per heavy atom. The van der Waals surface area contributed by atoms with Crippen LogP contribution in [0.2, 0.25) is 0 Å². The van der Waals surface area contributed by atoms with Gasteiger partial charge in [-0.25, -0.2) is 0 Å². The maximum Gasteiger partial charge on any atom is 0.225 e. The topological polar surface area (TPSA) is 46.9 Å². The van der Waals surface area contributed by atoms with Gasteiger partial charge in [-0.2, -0.15) is 5.10 Å². The Labute approximate surface area is 115 Å². The number of rotatable bonds is 7. The minimum absolute atomic E-state index is 0.0221. The van der Waals surface area contributed by atoms with Gasteiger partial charge in [0.2, 0.25) is 5.91 Å². The van der Waals surface area contributed by atoms with Crippen molar-refractivity contribution in [2.24, 2.45) is 13.0 Å². The van der Waals surface area contributed by atoms with E-state index in [4.69, 9.17) is 0 Å². The van der Waals surface area contributed by atoms with Crippen LogP contribution >= 0.6 is 0 Å². The highest BCUT2D eigenvalue weighted by molar-refractivity contribution is 5.78. The van der Waals surface area contributed by atoms with Gasteiger partial charge in [0.15, 0.2) is 0 Å². The molecule has 0 bridgehead atoms. The molecule has 0 saturated heterocycles. The molecule has 1 N–H and O–H groups in total. The van der Waals surface area contributed by atoms with Crippen molar-refractivity contribution in [2.75, 3.05) is 7.05 Å². The molecular formula is C15H25N3O. The number of nitrogens with one attached hydrogen (secondary N) is 1. The SMILES string of the molecule is C=CCC(CC)[C@@H](C)c1cnn(C)c1CC(=O)NC. The summed E-state index contributed by atoms with van der Waals surface area (Å²) in [6, 6.07) is 0. The zero-order valence-electron chi connectivity index (χ0n) is 12.4. The molecule has 1 rings (SSSR count). The minimum Gasteiger partial charge on any atom is -0.359 e. The van der Waals surface area contributed by atoms with Gasteiger partial charge < -0.3 is 5.32 Å². The highest BCUT2D eigenvalue weighted by Crippen LogP contribution is 2.31. The first-order valence-corrected chi connectivity index (χ1v) is 6.87. The highest BCUT2D eigenvalue weighted by Gasteiger charge is 2.22. The van der Waals surface area contributed by atoms with Crippen molar-refractivity contribution in [3.63, 3.8) is 0 Å². The Hall–Kier alpha value is -1.58. The van der Waals surface area contributed by atoms with E-state index in [0.29, 0.717) is 18.3 Å². The number of carbonyl (C=O) groups is 1. The Balaban J connectivity index is 2.99. The summed E-state index contributed by atoms with van der Waals surface area (Å²) in [6.45, 7) is 8.23. The predicted octanol–water partition coefficient (Wildman–Crippen LogP) is 2.41. The second-order valence-electron chi connectivity index (χ2n) is 5.00. The first-order chi connectivity index (χ1) is 9.04. The number of amides is 1. The summed E-state index contributed by atoms with van der Waals surface area (Å²) >= 11 is 0. The quantitative estimate of drug-likeness (QED) is 0.768. The zero-order valence-corrected chi connectivity index (χ0v) is 12.4. The van der Waals surface area contributed by atoms with E-state index in [1.807, 2.05) is 24.0 Å². The number of hydrogen-bond acceptors (Lipinski definition) is 2. The van der Waals surface area contributed by atoms with E-state index < -0.39 is 0 Å². The molecule has 0 aliphatic heterocycles. The van der Waals surface area contributed by atoms with Gasteiger partial charge in [-0.1, -0.05) is 26.3 Å². The van der Waals surface area contributed by atoms with E-state index in [1.54, 1.807) is 7.05 Å². The molecule has 1 aromatic rings. The second kappa shape index (κ2) is 7.12. The third-order valence-corrected chi connectivity index (χ3v) is 3.89. The van der Waals surface area contributed by atoms with Crippen molar-refractivity contribution < 1.29 is 4.79 Å². The predicted molar refractivity (Wildman–Crippen MR) is 78.0 cm³/mol. The number of aryl methyl sites for hydroxylation is 1. The van der Waals surface area contributed by atoms with Gasteiger partial charge in [0.05, 0.1) is 18.3 Å². The fourth-order valence-corrected chi connectivity index (χ4v) is 2.51. The lowest BCUT2D eigenvalue weighted by molar-refractivity contribution is -0.120. The third-order valence-electron chi connectivity index (χ3n) is 3.89. The fourth-order valence-electron chi connectivity index (χ4n) is 2.51. The van der Waals surface area contributed by atoms with Crippen molar-refractivity contribution in [3.8, 4) is 0 Å². The zero-order chi connectivity index (χ0) is 14.4. The molecule has 0 aromatic carbocycles. The Morgan fingerprint density at radius 3 is 2.84 bits per heavy atom. The van der Waals surface area contributed by atoms with Gasteiger partial charge in [-0.3, -0.25) is 9.48 Å². The van der Waals surface area contributed by atoms with Crippen molar-refractivity contribution >= 4 is 5.91 Å². The van der Waals surface area contributed by atoms with Gasteiger partial charge in [-0.05, 0) is 23.8 Å². The fraction of sp³-hybridized carbons (Fsp3) is 0.600. The smallest absolute Gasteiger partial charge is 0.225 e. The van der Waals surface area contributed by atoms with E-state index in [2.05, 4.69) is 30.8 Å². The average Bonchev–Trinajstić information content (AvgIpc) is 2.76. The van der Waals surface area contributed by atoms with Crippen LogP contribution in [0.1, 0.15) is 43.9 Å².